The van der Waals surface area contributed by atoms with Crippen LogP contribution in [0.25, 0.3) is 10.8 Å². The maximum Gasteiger partial charge on any atom is 0.408 e. The van der Waals surface area contributed by atoms with Gasteiger partial charge in [0.15, 0.2) is 0 Å². The maximum absolute atomic E-state index is 14.1. The second kappa shape index (κ2) is 20.3. The molecule has 0 spiro atoms. The summed E-state index contributed by atoms with van der Waals surface area (Å²) in [5, 5.41) is 34.6. The van der Waals surface area contributed by atoms with Crippen molar-refractivity contribution in [3.63, 3.8) is 0 Å². The number of nitrogens with zero attached hydrogens (tertiary/aromatic N) is 1. The number of aromatic nitrogens is 2. The van der Waals surface area contributed by atoms with Gasteiger partial charge in [0.2, 0.25) is 17.7 Å². The maximum atomic E-state index is 14.1. The number of H-pyrrole nitrogens is 1. The van der Waals surface area contributed by atoms with Crippen LogP contribution in [0.5, 0.6) is 0 Å². The van der Waals surface area contributed by atoms with Gasteiger partial charge in [-0.1, -0.05) is 106 Å². The zero-order valence-electron chi connectivity index (χ0n) is 31.5. The fourth-order valence-electron chi connectivity index (χ4n) is 6.27. The fourth-order valence-corrected chi connectivity index (χ4v) is 6.27. The SMILES string of the molecule is CCCC(NC(=O)[C@H](Cc1c[nH]cn1)NC(=O)[C@H](Cc1ccc2ccccc2c1)NC(=O)OCc1ccccc1)C(C)(O)CC(=O)N[C@H](CO)C(C)CC. The van der Waals surface area contributed by atoms with E-state index in [0.29, 0.717) is 18.5 Å². The molecule has 1 aromatic heterocycles. The van der Waals surface area contributed by atoms with Gasteiger partial charge in [-0.25, -0.2) is 9.78 Å². The van der Waals surface area contributed by atoms with Crippen LogP contribution in [0.4, 0.5) is 4.79 Å². The van der Waals surface area contributed by atoms with E-state index in [0.717, 1.165) is 28.3 Å². The summed E-state index contributed by atoms with van der Waals surface area (Å²) >= 11 is 0. The number of fused-ring (bicyclic) bond motifs is 1. The Hall–Kier alpha value is -5.27. The highest BCUT2D eigenvalue weighted by molar-refractivity contribution is 5.92. The summed E-state index contributed by atoms with van der Waals surface area (Å²) in [5.41, 5.74) is 0.377. The zero-order chi connectivity index (χ0) is 39.1. The van der Waals surface area contributed by atoms with E-state index >= 15 is 0 Å². The van der Waals surface area contributed by atoms with Crippen LogP contribution in [0, 0.1) is 5.92 Å². The van der Waals surface area contributed by atoms with Crippen LogP contribution in [-0.4, -0.2) is 80.4 Å². The van der Waals surface area contributed by atoms with E-state index in [4.69, 9.17) is 4.74 Å². The monoisotopic (exact) mass is 742 g/mol. The summed E-state index contributed by atoms with van der Waals surface area (Å²) in [5.74, 6) is -1.67. The number of carbonyl (C=O) groups excluding carboxylic acids is 4. The highest BCUT2D eigenvalue weighted by Gasteiger charge is 2.37. The molecule has 1 heterocycles. The Morgan fingerprint density at radius 2 is 1.54 bits per heavy atom. The van der Waals surface area contributed by atoms with Crippen LogP contribution in [-0.2, 0) is 38.6 Å². The molecule has 0 fully saturated rings. The Bertz CT molecular complexity index is 1800. The predicted molar refractivity (Wildman–Crippen MR) is 206 cm³/mol. The van der Waals surface area contributed by atoms with E-state index in [1.165, 1.54) is 13.3 Å². The molecule has 4 amide bonds. The number of aliphatic hydroxyl groups is 2. The number of benzene rings is 3. The Morgan fingerprint density at radius 3 is 2.20 bits per heavy atom. The minimum absolute atomic E-state index is 0.00319. The summed E-state index contributed by atoms with van der Waals surface area (Å²) in [6.45, 7) is 7.01. The van der Waals surface area contributed by atoms with Gasteiger partial charge in [0.25, 0.3) is 0 Å². The molecular weight excluding hydrogens is 688 g/mol. The molecule has 3 unspecified atom stereocenters. The van der Waals surface area contributed by atoms with Gasteiger partial charge < -0.3 is 41.2 Å². The van der Waals surface area contributed by atoms with E-state index in [-0.39, 0.29) is 38.4 Å². The van der Waals surface area contributed by atoms with E-state index in [9.17, 15) is 29.4 Å². The van der Waals surface area contributed by atoms with Crippen LogP contribution in [0.15, 0.2) is 85.3 Å². The third kappa shape index (κ3) is 12.4. The highest BCUT2D eigenvalue weighted by Crippen LogP contribution is 2.21. The van der Waals surface area contributed by atoms with Crippen LogP contribution in [0.2, 0.25) is 0 Å². The van der Waals surface area contributed by atoms with Crippen molar-refractivity contribution in [1.82, 2.24) is 31.2 Å². The quantitative estimate of drug-likeness (QED) is 0.0704. The molecule has 0 saturated heterocycles. The number of aromatic amines is 1. The van der Waals surface area contributed by atoms with Crippen LogP contribution >= 0.6 is 0 Å². The van der Waals surface area contributed by atoms with Crippen LogP contribution in [0.1, 0.15) is 70.2 Å². The summed E-state index contributed by atoms with van der Waals surface area (Å²) in [6.07, 6.45) is 3.69. The fraction of sp³-hybridized carbons (Fsp3) is 0.439. The van der Waals surface area contributed by atoms with Gasteiger partial charge in [0.1, 0.15) is 18.7 Å². The molecule has 3 aromatic carbocycles. The minimum Gasteiger partial charge on any atom is -0.445 e. The largest absolute Gasteiger partial charge is 0.445 e. The Morgan fingerprint density at radius 1 is 0.852 bits per heavy atom. The van der Waals surface area contributed by atoms with Gasteiger partial charge in [-0.15, -0.1) is 0 Å². The number of carbonyl (C=O) groups is 4. The molecule has 13 heteroatoms. The van der Waals surface area contributed by atoms with Crippen LogP contribution in [0.3, 0.4) is 0 Å². The minimum atomic E-state index is -1.67. The molecule has 4 aromatic rings. The first-order valence-corrected chi connectivity index (χ1v) is 18.6. The highest BCUT2D eigenvalue weighted by atomic mass is 16.5. The topological polar surface area (TPSA) is 195 Å². The van der Waals surface area contributed by atoms with Gasteiger partial charge in [-0.2, -0.15) is 0 Å². The first kappa shape index (κ1) is 41.5. The van der Waals surface area contributed by atoms with Gasteiger partial charge in [0.05, 0.1) is 42.7 Å². The molecule has 0 aliphatic heterocycles. The molecule has 0 aliphatic carbocycles. The first-order valence-electron chi connectivity index (χ1n) is 18.6. The summed E-state index contributed by atoms with van der Waals surface area (Å²) < 4.78 is 5.46. The van der Waals surface area contributed by atoms with Crippen molar-refractivity contribution in [3.8, 4) is 0 Å². The van der Waals surface area contributed by atoms with E-state index < -0.39 is 53.6 Å². The molecule has 54 heavy (non-hydrogen) atoms. The number of aliphatic hydroxyl groups excluding tert-OH is 1. The Labute approximate surface area is 316 Å². The molecule has 0 bridgehead atoms. The molecule has 4 rings (SSSR count). The summed E-state index contributed by atoms with van der Waals surface area (Å²) in [7, 11) is 0. The normalized spacial score (nSPS) is 15.1. The summed E-state index contributed by atoms with van der Waals surface area (Å²) in [4.78, 5) is 61.4. The zero-order valence-corrected chi connectivity index (χ0v) is 31.5. The number of imidazole rings is 1. The van der Waals surface area contributed by atoms with Crippen molar-refractivity contribution in [2.45, 2.75) is 103 Å². The molecule has 6 atom stereocenters. The lowest BCUT2D eigenvalue weighted by atomic mass is 9.88. The third-order valence-corrected chi connectivity index (χ3v) is 9.71. The lowest BCUT2D eigenvalue weighted by Gasteiger charge is -2.35. The van der Waals surface area contributed by atoms with E-state index in [2.05, 4.69) is 31.2 Å². The second-order valence-corrected chi connectivity index (χ2v) is 14.1. The smallest absolute Gasteiger partial charge is 0.408 e. The first-order chi connectivity index (χ1) is 25.9. The number of amides is 4. The van der Waals surface area contributed by atoms with Crippen molar-refractivity contribution in [1.29, 1.82) is 0 Å². The number of hydrogen-bond acceptors (Lipinski definition) is 8. The lowest BCUT2D eigenvalue weighted by Crippen LogP contribution is -2.59. The molecular formula is C41H54N6O7. The molecule has 7 N–H and O–H groups in total. The van der Waals surface area contributed by atoms with Crippen molar-refractivity contribution >= 4 is 34.6 Å². The number of alkyl carbamates (subject to hydrolysis) is 1. The average molecular weight is 743 g/mol. The molecule has 0 saturated carbocycles. The van der Waals surface area contributed by atoms with Gasteiger partial charge in [0, 0.05) is 19.0 Å². The Balaban J connectivity index is 1.54. The van der Waals surface area contributed by atoms with Crippen molar-refractivity contribution < 1.29 is 34.1 Å². The van der Waals surface area contributed by atoms with E-state index in [1.54, 1.807) is 6.20 Å². The Kier molecular flexibility index (Phi) is 15.6. The number of hydrogen-bond donors (Lipinski definition) is 7. The third-order valence-electron chi connectivity index (χ3n) is 9.71. The summed E-state index contributed by atoms with van der Waals surface area (Å²) in [6, 6.07) is 19.1. The lowest BCUT2D eigenvalue weighted by molar-refractivity contribution is -0.134. The molecule has 290 valence electrons. The molecule has 0 aliphatic rings. The second-order valence-electron chi connectivity index (χ2n) is 14.1. The van der Waals surface area contributed by atoms with E-state index in [1.807, 2.05) is 93.6 Å². The number of ether oxygens (including phenoxy) is 1. The van der Waals surface area contributed by atoms with Gasteiger partial charge >= 0.3 is 6.09 Å². The van der Waals surface area contributed by atoms with Crippen molar-refractivity contribution in [3.05, 3.63) is 102 Å². The van der Waals surface area contributed by atoms with Gasteiger partial charge in [-0.3, -0.25) is 14.4 Å². The van der Waals surface area contributed by atoms with Gasteiger partial charge in [-0.05, 0) is 41.2 Å². The standard InChI is InChI=1S/C41H54N6O7/c1-5-12-36(41(4,53)22-37(49)44-35(24-48)27(3)6-2)47-39(51)34(21-32-23-42-26-43-32)45-38(50)33(46-40(52)54-25-28-13-8-7-9-14-28)20-29-17-18-30-15-10-11-16-31(30)19-29/h7-11,13-19,23,26-27,33-36,48,53H,5-6,12,20-22,24-25H2,1-4H3,(H,42,43)(H,44,49)(H,45,50)(H,46,52)(H,47,51)/t27?,33-,34-,35+,36?,41?/m0/s1. The average Bonchev–Trinajstić information content (AvgIpc) is 3.68. The van der Waals surface area contributed by atoms with Crippen LogP contribution < -0.4 is 21.3 Å². The number of nitrogens with one attached hydrogen (secondary N) is 5. The molecule has 0 radical (unpaired) electrons. The predicted octanol–water partition coefficient (Wildman–Crippen LogP) is 4.08. The number of rotatable bonds is 20. The van der Waals surface area contributed by atoms with Crippen molar-refractivity contribution in [2.75, 3.05) is 6.61 Å². The molecule has 13 nitrogen and oxygen atoms in total. The van der Waals surface area contributed by atoms with Crippen molar-refractivity contribution in [2.24, 2.45) is 5.92 Å².